The first kappa shape index (κ1) is 13.0. The Hall–Kier alpha value is -1.97. The fraction of sp³-hybridized carbons (Fsp3) is 0.273. The maximum atomic E-state index is 12.5. The molecule has 0 amide bonds. The van der Waals surface area contributed by atoms with Gasteiger partial charge in [0, 0.05) is 31.7 Å². The number of rotatable bonds is 3. The van der Waals surface area contributed by atoms with E-state index in [0.29, 0.717) is 18.9 Å². The van der Waals surface area contributed by atoms with Gasteiger partial charge in [-0.1, -0.05) is 0 Å². The molecule has 0 spiro atoms. The van der Waals surface area contributed by atoms with Crippen molar-refractivity contribution in [2.24, 2.45) is 5.84 Å². The number of nitrogen functional groups attached to an aromatic ring is 1. The fourth-order valence-corrected chi connectivity index (χ4v) is 3.46. The molecule has 0 saturated heterocycles. The summed E-state index contributed by atoms with van der Waals surface area (Å²) in [5, 5.41) is 0. The van der Waals surface area contributed by atoms with Crippen LogP contribution in [-0.4, -0.2) is 33.8 Å². The van der Waals surface area contributed by atoms with E-state index in [4.69, 9.17) is 5.84 Å². The van der Waals surface area contributed by atoms with Gasteiger partial charge >= 0.3 is 0 Å². The zero-order valence-corrected chi connectivity index (χ0v) is 11.4. The van der Waals surface area contributed by atoms with Gasteiger partial charge in [0.1, 0.15) is 16.5 Å². The maximum Gasteiger partial charge on any atom is 0.245 e. The molecule has 3 N–H and O–H groups in total. The zero-order chi connectivity index (χ0) is 14.2. The largest absolute Gasteiger partial charge is 0.333 e. The first-order valence-electron chi connectivity index (χ1n) is 6.04. The predicted octanol–water partition coefficient (Wildman–Crippen LogP) is -0.232. The highest BCUT2D eigenvalue weighted by Crippen LogP contribution is 2.20. The Bertz CT molecular complexity index is 709. The standard InChI is InChI=1S/C11H14N6O2S/c12-15-10-2-1-9(7-14-10)20(18,19)17-6-5-16-4-3-13-11(16)8-17/h1-4,7H,5-6,8,12H2,(H,14,15). The average molecular weight is 294 g/mol. The van der Waals surface area contributed by atoms with Gasteiger partial charge in [0.15, 0.2) is 0 Å². The van der Waals surface area contributed by atoms with E-state index in [-0.39, 0.29) is 11.4 Å². The summed E-state index contributed by atoms with van der Waals surface area (Å²) in [6.45, 7) is 1.29. The van der Waals surface area contributed by atoms with Gasteiger partial charge in [-0.25, -0.2) is 24.2 Å². The maximum absolute atomic E-state index is 12.5. The van der Waals surface area contributed by atoms with Crippen LogP contribution in [0.3, 0.4) is 0 Å². The number of nitrogens with two attached hydrogens (primary N) is 1. The summed E-state index contributed by atoms with van der Waals surface area (Å²) < 4.78 is 28.4. The number of nitrogens with zero attached hydrogens (tertiary/aromatic N) is 4. The number of imidazole rings is 1. The third-order valence-corrected chi connectivity index (χ3v) is 5.06. The van der Waals surface area contributed by atoms with Gasteiger partial charge in [-0.15, -0.1) is 0 Å². The van der Waals surface area contributed by atoms with E-state index in [9.17, 15) is 8.42 Å². The number of anilines is 1. The van der Waals surface area contributed by atoms with Crippen LogP contribution in [0.2, 0.25) is 0 Å². The number of hydrazine groups is 1. The second-order valence-corrected chi connectivity index (χ2v) is 6.34. The van der Waals surface area contributed by atoms with Crippen LogP contribution in [0.25, 0.3) is 0 Å². The van der Waals surface area contributed by atoms with E-state index in [1.807, 2.05) is 10.8 Å². The van der Waals surface area contributed by atoms with E-state index in [2.05, 4.69) is 15.4 Å². The van der Waals surface area contributed by atoms with Crippen LogP contribution in [0.1, 0.15) is 5.82 Å². The Kier molecular flexibility index (Phi) is 3.16. The lowest BCUT2D eigenvalue weighted by Crippen LogP contribution is -2.38. The highest BCUT2D eigenvalue weighted by molar-refractivity contribution is 7.89. The van der Waals surface area contributed by atoms with Crippen molar-refractivity contribution in [1.82, 2.24) is 18.8 Å². The molecule has 0 atom stereocenters. The van der Waals surface area contributed by atoms with Gasteiger partial charge in [-0.2, -0.15) is 4.31 Å². The van der Waals surface area contributed by atoms with E-state index < -0.39 is 10.0 Å². The molecule has 2 aromatic rings. The molecule has 0 fully saturated rings. The summed E-state index contributed by atoms with van der Waals surface area (Å²) in [6, 6.07) is 3.01. The second-order valence-electron chi connectivity index (χ2n) is 4.40. The minimum Gasteiger partial charge on any atom is -0.333 e. The summed E-state index contributed by atoms with van der Waals surface area (Å²) in [4.78, 5) is 8.24. The summed E-state index contributed by atoms with van der Waals surface area (Å²) in [5.41, 5.74) is 2.36. The van der Waals surface area contributed by atoms with Crippen molar-refractivity contribution in [3.63, 3.8) is 0 Å². The molecule has 0 aromatic carbocycles. The predicted molar refractivity (Wildman–Crippen MR) is 71.9 cm³/mol. The summed E-state index contributed by atoms with van der Waals surface area (Å²) >= 11 is 0. The zero-order valence-electron chi connectivity index (χ0n) is 10.6. The molecule has 1 aliphatic heterocycles. The molecular weight excluding hydrogens is 280 g/mol. The number of aromatic nitrogens is 3. The molecular formula is C11H14N6O2S. The molecule has 106 valence electrons. The number of fused-ring (bicyclic) bond motifs is 1. The minimum absolute atomic E-state index is 0.150. The van der Waals surface area contributed by atoms with Gasteiger partial charge in [-0.3, -0.25) is 0 Å². The minimum atomic E-state index is -3.56. The Morgan fingerprint density at radius 2 is 2.10 bits per heavy atom. The van der Waals surface area contributed by atoms with E-state index >= 15 is 0 Å². The third kappa shape index (κ3) is 2.15. The number of pyridine rings is 1. The molecule has 0 unspecified atom stereocenters. The van der Waals surface area contributed by atoms with Crippen molar-refractivity contribution in [1.29, 1.82) is 0 Å². The number of hydrogen-bond acceptors (Lipinski definition) is 6. The van der Waals surface area contributed by atoms with Crippen LogP contribution in [0.15, 0.2) is 35.6 Å². The molecule has 8 nitrogen and oxygen atoms in total. The average Bonchev–Trinajstić information content (AvgIpc) is 2.94. The molecule has 3 heterocycles. The normalized spacial score (nSPS) is 15.8. The first-order chi connectivity index (χ1) is 9.61. The smallest absolute Gasteiger partial charge is 0.245 e. The Morgan fingerprint density at radius 1 is 1.25 bits per heavy atom. The van der Waals surface area contributed by atoms with Gasteiger partial charge < -0.3 is 9.99 Å². The molecule has 3 rings (SSSR count). The van der Waals surface area contributed by atoms with Crippen molar-refractivity contribution in [2.45, 2.75) is 18.0 Å². The number of hydrogen-bond donors (Lipinski definition) is 2. The molecule has 0 saturated carbocycles. The molecule has 1 aliphatic rings. The highest BCUT2D eigenvalue weighted by Gasteiger charge is 2.29. The van der Waals surface area contributed by atoms with Gasteiger partial charge in [0.25, 0.3) is 0 Å². The van der Waals surface area contributed by atoms with Gasteiger partial charge in [0.05, 0.1) is 6.54 Å². The van der Waals surface area contributed by atoms with Crippen molar-refractivity contribution in [2.75, 3.05) is 12.0 Å². The molecule has 9 heteroatoms. The van der Waals surface area contributed by atoms with E-state index in [1.165, 1.54) is 22.6 Å². The Balaban J connectivity index is 1.88. The van der Waals surface area contributed by atoms with Crippen molar-refractivity contribution in [3.8, 4) is 0 Å². The summed E-state index contributed by atoms with van der Waals surface area (Å²) in [7, 11) is -3.56. The summed E-state index contributed by atoms with van der Waals surface area (Å²) in [5.74, 6) is 6.37. The SMILES string of the molecule is NNc1ccc(S(=O)(=O)N2CCn3ccnc3C2)cn1. The quantitative estimate of drug-likeness (QED) is 0.598. The van der Waals surface area contributed by atoms with Gasteiger partial charge in [-0.05, 0) is 12.1 Å². The molecule has 20 heavy (non-hydrogen) atoms. The van der Waals surface area contributed by atoms with Crippen LogP contribution >= 0.6 is 0 Å². The Morgan fingerprint density at radius 3 is 2.80 bits per heavy atom. The second kappa shape index (κ2) is 4.85. The lowest BCUT2D eigenvalue weighted by molar-refractivity contribution is 0.335. The van der Waals surface area contributed by atoms with E-state index in [1.54, 1.807) is 6.20 Å². The fourth-order valence-electron chi connectivity index (χ4n) is 2.12. The molecule has 0 aliphatic carbocycles. The van der Waals surface area contributed by atoms with Crippen LogP contribution in [-0.2, 0) is 23.1 Å². The lowest BCUT2D eigenvalue weighted by atomic mass is 10.4. The lowest BCUT2D eigenvalue weighted by Gasteiger charge is -2.26. The number of sulfonamides is 1. The topological polar surface area (TPSA) is 106 Å². The van der Waals surface area contributed by atoms with Crippen molar-refractivity contribution < 1.29 is 8.42 Å². The highest BCUT2D eigenvalue weighted by atomic mass is 32.2. The number of nitrogens with one attached hydrogen (secondary N) is 1. The first-order valence-corrected chi connectivity index (χ1v) is 7.48. The van der Waals surface area contributed by atoms with Gasteiger partial charge in [0.2, 0.25) is 10.0 Å². The molecule has 0 radical (unpaired) electrons. The summed E-state index contributed by atoms with van der Waals surface area (Å²) in [6.07, 6.45) is 4.82. The van der Waals surface area contributed by atoms with Crippen molar-refractivity contribution >= 4 is 15.8 Å². The molecule has 2 aromatic heterocycles. The monoisotopic (exact) mass is 294 g/mol. The van der Waals surface area contributed by atoms with Crippen LogP contribution < -0.4 is 11.3 Å². The Labute approximate surface area is 116 Å². The van der Waals surface area contributed by atoms with Crippen LogP contribution in [0.5, 0.6) is 0 Å². The van der Waals surface area contributed by atoms with E-state index in [0.717, 1.165) is 5.82 Å². The van der Waals surface area contributed by atoms with Crippen LogP contribution in [0.4, 0.5) is 5.82 Å². The van der Waals surface area contributed by atoms with Crippen LogP contribution in [0, 0.1) is 0 Å². The molecule has 0 bridgehead atoms. The van der Waals surface area contributed by atoms with Crippen molar-refractivity contribution in [3.05, 3.63) is 36.5 Å². The third-order valence-electron chi connectivity index (χ3n) is 3.23.